The minimum absolute atomic E-state index is 0.121. The third-order valence-corrected chi connectivity index (χ3v) is 2.96. The number of ketones is 1. The molecule has 4 heteroatoms. The van der Waals surface area contributed by atoms with Crippen molar-refractivity contribution in [1.82, 2.24) is 4.98 Å². The van der Waals surface area contributed by atoms with Crippen LogP contribution >= 0.6 is 27.5 Å². The average molecular weight is 297 g/mol. The number of hydrogen-bond donors (Lipinski definition) is 0. The molecule has 0 fully saturated rings. The Bertz CT molecular complexity index is 528. The van der Waals surface area contributed by atoms with Gasteiger partial charge in [0.2, 0.25) is 5.78 Å². The minimum Gasteiger partial charge on any atom is -0.287 e. The van der Waals surface area contributed by atoms with Crippen LogP contribution in [-0.2, 0) is 0 Å². The molecule has 1 heterocycles. The van der Waals surface area contributed by atoms with E-state index in [1.165, 1.54) is 0 Å². The van der Waals surface area contributed by atoms with Gasteiger partial charge >= 0.3 is 0 Å². The topological polar surface area (TPSA) is 30.0 Å². The molecule has 1 aromatic carbocycles. The second kappa shape index (κ2) is 4.76. The van der Waals surface area contributed by atoms with Gasteiger partial charge in [-0.15, -0.1) is 0 Å². The second-order valence-electron chi connectivity index (χ2n) is 3.17. The number of pyridine rings is 1. The van der Waals surface area contributed by atoms with Crippen LogP contribution in [0.4, 0.5) is 0 Å². The van der Waals surface area contributed by atoms with E-state index in [2.05, 4.69) is 20.9 Å². The monoisotopic (exact) mass is 295 g/mol. The van der Waals surface area contributed by atoms with E-state index in [9.17, 15) is 4.79 Å². The number of hydrogen-bond acceptors (Lipinski definition) is 2. The lowest BCUT2D eigenvalue weighted by Crippen LogP contribution is -2.04. The molecule has 0 radical (unpaired) electrons. The number of aromatic nitrogens is 1. The van der Waals surface area contributed by atoms with E-state index in [4.69, 9.17) is 11.6 Å². The maximum absolute atomic E-state index is 12.0. The van der Waals surface area contributed by atoms with E-state index in [-0.39, 0.29) is 5.78 Å². The predicted molar refractivity (Wildman–Crippen MR) is 66.8 cm³/mol. The summed E-state index contributed by atoms with van der Waals surface area (Å²) in [5.41, 5.74) is 0.980. The fourth-order valence-electron chi connectivity index (χ4n) is 1.31. The first kappa shape index (κ1) is 11.3. The lowest BCUT2D eigenvalue weighted by atomic mass is 10.1. The van der Waals surface area contributed by atoms with Crippen LogP contribution in [0.5, 0.6) is 0 Å². The molecule has 0 atom stereocenters. The zero-order valence-electron chi connectivity index (χ0n) is 8.15. The SMILES string of the molecule is O=C(c1ccccn1)c1ccc(Cl)cc1Br. The zero-order chi connectivity index (χ0) is 11.5. The highest BCUT2D eigenvalue weighted by molar-refractivity contribution is 9.10. The van der Waals surface area contributed by atoms with Gasteiger partial charge in [-0.25, -0.2) is 0 Å². The van der Waals surface area contributed by atoms with Crippen LogP contribution in [0.15, 0.2) is 47.1 Å². The number of rotatable bonds is 2. The lowest BCUT2D eigenvalue weighted by molar-refractivity contribution is 0.103. The van der Waals surface area contributed by atoms with Gasteiger partial charge in [-0.3, -0.25) is 9.78 Å². The van der Waals surface area contributed by atoms with E-state index in [0.717, 1.165) is 0 Å². The fourth-order valence-corrected chi connectivity index (χ4v) is 2.17. The zero-order valence-corrected chi connectivity index (χ0v) is 10.5. The first-order valence-electron chi connectivity index (χ1n) is 4.59. The molecule has 80 valence electrons. The van der Waals surface area contributed by atoms with Crippen LogP contribution in [-0.4, -0.2) is 10.8 Å². The molecule has 0 aliphatic rings. The van der Waals surface area contributed by atoms with Crippen molar-refractivity contribution in [2.24, 2.45) is 0 Å². The molecule has 16 heavy (non-hydrogen) atoms. The predicted octanol–water partition coefficient (Wildman–Crippen LogP) is 3.73. The number of benzene rings is 1. The Morgan fingerprint density at radius 2 is 2.06 bits per heavy atom. The number of halogens is 2. The van der Waals surface area contributed by atoms with Gasteiger partial charge in [-0.2, -0.15) is 0 Å². The highest BCUT2D eigenvalue weighted by Crippen LogP contribution is 2.23. The molecule has 0 amide bonds. The summed E-state index contributed by atoms with van der Waals surface area (Å²) >= 11 is 9.12. The molecule has 0 aliphatic heterocycles. The second-order valence-corrected chi connectivity index (χ2v) is 4.46. The van der Waals surface area contributed by atoms with Crippen molar-refractivity contribution in [1.29, 1.82) is 0 Å². The van der Waals surface area contributed by atoms with Crippen molar-refractivity contribution in [3.8, 4) is 0 Å². The van der Waals surface area contributed by atoms with Gasteiger partial charge in [0.25, 0.3) is 0 Å². The minimum atomic E-state index is -0.121. The fraction of sp³-hybridized carbons (Fsp3) is 0. The van der Waals surface area contributed by atoms with Gasteiger partial charge in [0, 0.05) is 21.3 Å². The van der Waals surface area contributed by atoms with E-state index < -0.39 is 0 Å². The van der Waals surface area contributed by atoms with Gasteiger partial charge in [0.15, 0.2) is 0 Å². The van der Waals surface area contributed by atoms with Gasteiger partial charge in [-0.05, 0) is 46.3 Å². The summed E-state index contributed by atoms with van der Waals surface area (Å²) in [5.74, 6) is -0.121. The molecular weight excluding hydrogens is 289 g/mol. The summed E-state index contributed by atoms with van der Waals surface area (Å²) in [6, 6.07) is 10.3. The van der Waals surface area contributed by atoms with E-state index >= 15 is 0 Å². The third kappa shape index (κ3) is 2.31. The Balaban J connectivity index is 2.42. The molecule has 2 rings (SSSR count). The van der Waals surface area contributed by atoms with Crippen molar-refractivity contribution < 1.29 is 4.79 Å². The largest absolute Gasteiger partial charge is 0.287 e. The maximum atomic E-state index is 12.0. The summed E-state index contributed by atoms with van der Waals surface area (Å²) < 4.78 is 0.677. The smallest absolute Gasteiger partial charge is 0.212 e. The molecule has 1 aromatic heterocycles. The molecule has 0 saturated heterocycles. The van der Waals surface area contributed by atoms with Crippen LogP contribution in [0.25, 0.3) is 0 Å². The van der Waals surface area contributed by atoms with Gasteiger partial charge in [-0.1, -0.05) is 17.7 Å². The molecule has 0 aliphatic carbocycles. The summed E-state index contributed by atoms with van der Waals surface area (Å²) in [5, 5.41) is 0.587. The Labute approximate surface area is 106 Å². The average Bonchev–Trinajstić information content (AvgIpc) is 2.29. The van der Waals surface area contributed by atoms with Crippen molar-refractivity contribution in [2.45, 2.75) is 0 Å². The first-order chi connectivity index (χ1) is 7.68. The summed E-state index contributed by atoms with van der Waals surface area (Å²) in [4.78, 5) is 16.1. The third-order valence-electron chi connectivity index (χ3n) is 2.07. The number of carbonyl (C=O) groups excluding carboxylic acids is 1. The molecular formula is C12H7BrClNO. The molecule has 2 aromatic rings. The Morgan fingerprint density at radius 1 is 1.25 bits per heavy atom. The molecule has 0 bridgehead atoms. The lowest BCUT2D eigenvalue weighted by Gasteiger charge is -2.03. The van der Waals surface area contributed by atoms with Crippen LogP contribution in [0.2, 0.25) is 5.02 Å². The highest BCUT2D eigenvalue weighted by Gasteiger charge is 2.13. The first-order valence-corrected chi connectivity index (χ1v) is 5.76. The van der Waals surface area contributed by atoms with Crippen LogP contribution in [0.1, 0.15) is 16.1 Å². The quantitative estimate of drug-likeness (QED) is 0.790. The van der Waals surface area contributed by atoms with Gasteiger partial charge in [0.05, 0.1) is 0 Å². The highest BCUT2D eigenvalue weighted by atomic mass is 79.9. The molecule has 0 unspecified atom stereocenters. The van der Waals surface area contributed by atoms with Crippen molar-refractivity contribution in [3.05, 3.63) is 63.3 Å². The van der Waals surface area contributed by atoms with Crippen LogP contribution in [0, 0.1) is 0 Å². The maximum Gasteiger partial charge on any atom is 0.212 e. The molecule has 0 saturated carbocycles. The van der Waals surface area contributed by atoms with E-state index in [0.29, 0.717) is 20.8 Å². The van der Waals surface area contributed by atoms with Crippen molar-refractivity contribution >= 4 is 33.3 Å². The standard InChI is InChI=1S/C12H7BrClNO/c13-10-7-8(14)4-5-9(10)12(16)11-3-1-2-6-15-11/h1-7H. The normalized spacial score (nSPS) is 10.1. The Morgan fingerprint density at radius 3 is 2.69 bits per heavy atom. The molecule has 0 N–H and O–H groups in total. The van der Waals surface area contributed by atoms with Gasteiger partial charge in [0.1, 0.15) is 5.69 Å². The van der Waals surface area contributed by atoms with Crippen LogP contribution in [0.3, 0.4) is 0 Å². The van der Waals surface area contributed by atoms with Crippen LogP contribution < -0.4 is 0 Å². The Hall–Kier alpha value is -1.19. The summed E-state index contributed by atoms with van der Waals surface area (Å²) in [7, 11) is 0. The molecule has 0 spiro atoms. The Kier molecular flexibility index (Phi) is 3.36. The molecule has 2 nitrogen and oxygen atoms in total. The van der Waals surface area contributed by atoms with E-state index in [1.54, 1.807) is 42.6 Å². The van der Waals surface area contributed by atoms with Crippen molar-refractivity contribution in [3.63, 3.8) is 0 Å². The summed E-state index contributed by atoms with van der Waals surface area (Å²) in [6.07, 6.45) is 1.59. The number of carbonyl (C=O) groups is 1. The van der Waals surface area contributed by atoms with E-state index in [1.807, 2.05) is 0 Å². The van der Waals surface area contributed by atoms with Gasteiger partial charge < -0.3 is 0 Å². The van der Waals surface area contributed by atoms with Crippen molar-refractivity contribution in [2.75, 3.05) is 0 Å². The summed E-state index contributed by atoms with van der Waals surface area (Å²) in [6.45, 7) is 0. The number of nitrogens with zero attached hydrogens (tertiary/aromatic N) is 1.